The minimum absolute atomic E-state index is 0.0172. The molecule has 7 nitrogen and oxygen atoms in total. The Morgan fingerprint density at radius 3 is 2.79 bits per heavy atom. The number of nitrogens with zero attached hydrogens (tertiary/aromatic N) is 3. The van der Waals surface area contributed by atoms with Gasteiger partial charge in [0.2, 0.25) is 11.8 Å². The number of carbonyl (C=O) groups is 2. The zero-order valence-electron chi connectivity index (χ0n) is 18.8. The third-order valence-corrected chi connectivity index (χ3v) is 7.83. The van der Waals surface area contributed by atoms with E-state index in [0.717, 1.165) is 42.8 Å². The number of carbonyl (C=O) groups excluding carboxylic acids is 2. The van der Waals surface area contributed by atoms with Gasteiger partial charge in [-0.05, 0) is 36.3 Å². The molecule has 5 rings (SSSR count). The molecule has 2 fully saturated rings. The Hall–Kier alpha value is -2.87. The van der Waals surface area contributed by atoms with Crippen LogP contribution in [0.2, 0.25) is 0 Å². The topological polar surface area (TPSA) is 77.0 Å². The summed E-state index contributed by atoms with van der Waals surface area (Å²) in [6.07, 6.45) is 5.71. The molecule has 2 aromatic rings. The fourth-order valence-electron chi connectivity index (χ4n) is 5.28. The molecule has 0 radical (unpaired) electrons. The fraction of sp³-hybridized carbons (Fsp3) is 0.480. The summed E-state index contributed by atoms with van der Waals surface area (Å²) < 4.78 is 0. The van der Waals surface area contributed by atoms with Crippen molar-refractivity contribution in [2.75, 3.05) is 6.54 Å². The minimum Gasteiger partial charge on any atom is -0.351 e. The van der Waals surface area contributed by atoms with E-state index in [1.54, 1.807) is 11.3 Å². The molecular weight excluding hydrogens is 434 g/mol. The van der Waals surface area contributed by atoms with Gasteiger partial charge in [0.05, 0.1) is 12.5 Å². The summed E-state index contributed by atoms with van der Waals surface area (Å²) in [5, 5.41) is 9.63. The lowest BCUT2D eigenvalue weighted by Gasteiger charge is -2.50. The van der Waals surface area contributed by atoms with Crippen LogP contribution < -0.4 is 10.7 Å². The van der Waals surface area contributed by atoms with Crippen molar-refractivity contribution in [2.45, 2.75) is 63.8 Å². The molecule has 1 aromatic heterocycles. The number of thiophene rings is 1. The van der Waals surface area contributed by atoms with Gasteiger partial charge in [-0.1, -0.05) is 49.2 Å². The van der Waals surface area contributed by atoms with Crippen LogP contribution >= 0.6 is 11.3 Å². The van der Waals surface area contributed by atoms with Crippen molar-refractivity contribution in [1.82, 2.24) is 20.5 Å². The van der Waals surface area contributed by atoms with Crippen LogP contribution in [0, 0.1) is 5.92 Å². The molecule has 1 aliphatic carbocycles. The van der Waals surface area contributed by atoms with Gasteiger partial charge in [-0.2, -0.15) is 5.10 Å². The van der Waals surface area contributed by atoms with Crippen LogP contribution in [-0.4, -0.2) is 46.3 Å². The highest BCUT2D eigenvalue weighted by molar-refractivity contribution is 7.09. The summed E-state index contributed by atoms with van der Waals surface area (Å²) in [5.41, 5.74) is 4.45. The average molecular weight is 466 g/mol. The Kier molecular flexibility index (Phi) is 6.62. The SMILES string of the molecule is O=C(CCC1=NNC2N(CCc3ccccc3)C(=O)C3CCCCC3N12)NCc1cccs1. The largest absolute Gasteiger partial charge is 0.351 e. The van der Waals surface area contributed by atoms with E-state index in [2.05, 4.69) is 32.9 Å². The van der Waals surface area contributed by atoms with E-state index >= 15 is 0 Å². The number of hydrazone groups is 1. The number of hydrogen-bond acceptors (Lipinski definition) is 6. The van der Waals surface area contributed by atoms with Gasteiger partial charge in [0.1, 0.15) is 5.84 Å². The Bertz CT molecular complexity index is 993. The first-order valence-electron chi connectivity index (χ1n) is 11.9. The van der Waals surface area contributed by atoms with Crippen LogP contribution in [0.1, 0.15) is 49.0 Å². The van der Waals surface area contributed by atoms with Crippen molar-refractivity contribution < 1.29 is 9.59 Å². The van der Waals surface area contributed by atoms with E-state index in [9.17, 15) is 9.59 Å². The summed E-state index contributed by atoms with van der Waals surface area (Å²) in [5.74, 6) is 1.20. The van der Waals surface area contributed by atoms with Gasteiger partial charge in [-0.15, -0.1) is 11.3 Å². The Balaban J connectivity index is 1.24. The first kappa shape index (κ1) is 21.9. The number of nitrogens with one attached hydrogen (secondary N) is 2. The molecule has 2 aliphatic heterocycles. The number of hydrogen-bond donors (Lipinski definition) is 2. The number of benzene rings is 1. The van der Waals surface area contributed by atoms with E-state index in [4.69, 9.17) is 0 Å². The lowest BCUT2D eigenvalue weighted by atomic mass is 9.80. The first-order valence-corrected chi connectivity index (χ1v) is 12.8. The molecule has 3 heterocycles. The molecule has 3 unspecified atom stereocenters. The monoisotopic (exact) mass is 465 g/mol. The normalized spacial score (nSPS) is 24.1. The molecule has 0 bridgehead atoms. The zero-order chi connectivity index (χ0) is 22.6. The molecule has 174 valence electrons. The molecule has 1 saturated heterocycles. The van der Waals surface area contributed by atoms with Gasteiger partial charge in [0, 0.05) is 30.3 Å². The molecule has 0 spiro atoms. The lowest BCUT2D eigenvalue weighted by Crippen LogP contribution is -2.67. The number of amides is 2. The minimum atomic E-state index is -0.246. The highest BCUT2D eigenvalue weighted by Crippen LogP contribution is 2.37. The van der Waals surface area contributed by atoms with Crippen molar-refractivity contribution in [2.24, 2.45) is 11.0 Å². The van der Waals surface area contributed by atoms with Crippen molar-refractivity contribution in [3.8, 4) is 0 Å². The first-order chi connectivity index (χ1) is 16.2. The molecule has 2 N–H and O–H groups in total. The summed E-state index contributed by atoms with van der Waals surface area (Å²) in [7, 11) is 0. The highest BCUT2D eigenvalue weighted by atomic mass is 32.1. The summed E-state index contributed by atoms with van der Waals surface area (Å²) in [4.78, 5) is 31.3. The molecule has 1 aromatic carbocycles. The van der Waals surface area contributed by atoms with Gasteiger partial charge >= 0.3 is 0 Å². The lowest BCUT2D eigenvalue weighted by molar-refractivity contribution is -0.155. The highest BCUT2D eigenvalue weighted by Gasteiger charge is 2.50. The third kappa shape index (κ3) is 4.76. The van der Waals surface area contributed by atoms with Crippen LogP contribution in [0.3, 0.4) is 0 Å². The zero-order valence-corrected chi connectivity index (χ0v) is 19.6. The second-order valence-electron chi connectivity index (χ2n) is 9.02. The number of rotatable bonds is 8. The van der Waals surface area contributed by atoms with Crippen LogP contribution in [0.25, 0.3) is 0 Å². The maximum absolute atomic E-state index is 13.4. The van der Waals surface area contributed by atoms with Gasteiger partial charge < -0.3 is 15.1 Å². The predicted molar refractivity (Wildman–Crippen MR) is 129 cm³/mol. The maximum Gasteiger partial charge on any atom is 0.230 e. The van der Waals surface area contributed by atoms with Crippen molar-refractivity contribution in [3.63, 3.8) is 0 Å². The van der Waals surface area contributed by atoms with Crippen molar-refractivity contribution in [3.05, 3.63) is 58.3 Å². The van der Waals surface area contributed by atoms with E-state index in [-0.39, 0.29) is 30.1 Å². The number of fused-ring (bicyclic) bond motifs is 3. The number of amidine groups is 1. The fourth-order valence-corrected chi connectivity index (χ4v) is 5.92. The van der Waals surface area contributed by atoms with Gasteiger partial charge in [0.25, 0.3) is 0 Å². The molecule has 3 aliphatic rings. The predicted octanol–water partition coefficient (Wildman–Crippen LogP) is 3.29. The molecule has 1 saturated carbocycles. The smallest absolute Gasteiger partial charge is 0.230 e. The van der Waals surface area contributed by atoms with Crippen LogP contribution in [-0.2, 0) is 22.6 Å². The van der Waals surface area contributed by atoms with Crippen molar-refractivity contribution in [1.29, 1.82) is 0 Å². The van der Waals surface area contributed by atoms with Gasteiger partial charge in [0.15, 0.2) is 6.29 Å². The Morgan fingerprint density at radius 2 is 1.97 bits per heavy atom. The van der Waals surface area contributed by atoms with Crippen LogP contribution in [0.15, 0.2) is 52.9 Å². The molecular formula is C25H31N5O2S. The molecule has 3 atom stereocenters. The van der Waals surface area contributed by atoms with Gasteiger partial charge in [-0.3, -0.25) is 15.0 Å². The average Bonchev–Trinajstić information content (AvgIpc) is 3.52. The Labute approximate surface area is 198 Å². The van der Waals surface area contributed by atoms with Crippen LogP contribution in [0.5, 0.6) is 0 Å². The molecule has 33 heavy (non-hydrogen) atoms. The van der Waals surface area contributed by atoms with Crippen molar-refractivity contribution >= 4 is 29.0 Å². The van der Waals surface area contributed by atoms with Crippen LogP contribution in [0.4, 0.5) is 0 Å². The second kappa shape index (κ2) is 9.95. The molecule has 2 amide bonds. The maximum atomic E-state index is 13.4. The molecule has 8 heteroatoms. The Morgan fingerprint density at radius 1 is 1.12 bits per heavy atom. The van der Waals surface area contributed by atoms with E-state index < -0.39 is 0 Å². The quantitative estimate of drug-likeness (QED) is 0.627. The second-order valence-corrected chi connectivity index (χ2v) is 10.1. The van der Waals surface area contributed by atoms with E-state index in [0.29, 0.717) is 25.9 Å². The summed E-state index contributed by atoms with van der Waals surface area (Å²) in [6, 6.07) is 14.5. The third-order valence-electron chi connectivity index (χ3n) is 6.95. The van der Waals surface area contributed by atoms with E-state index in [1.807, 2.05) is 40.6 Å². The summed E-state index contributed by atoms with van der Waals surface area (Å²) in [6.45, 7) is 1.23. The van der Waals surface area contributed by atoms with Gasteiger partial charge in [-0.25, -0.2) is 0 Å². The standard InChI is InChI=1S/C25H31N5O2S/c31-23(26-17-19-9-6-16-33-19)13-12-22-27-28-25-29(15-14-18-7-2-1-3-8-18)24(32)20-10-4-5-11-21(20)30(22)25/h1-3,6-9,16,20-21,25,28H,4-5,10-15,17H2,(H,26,31). The summed E-state index contributed by atoms with van der Waals surface area (Å²) >= 11 is 1.64. The van der Waals surface area contributed by atoms with E-state index in [1.165, 1.54) is 5.56 Å².